The van der Waals surface area contributed by atoms with Crippen molar-refractivity contribution in [2.45, 2.75) is 33.1 Å². The number of nitrogens with one attached hydrogen (secondary N) is 1. The van der Waals surface area contributed by atoms with Gasteiger partial charge in [-0.1, -0.05) is 45.0 Å². The monoisotopic (exact) mass is 434 g/mol. The van der Waals surface area contributed by atoms with Crippen LogP contribution in [0.4, 0.5) is 0 Å². The van der Waals surface area contributed by atoms with Crippen molar-refractivity contribution in [3.05, 3.63) is 70.9 Å². The third kappa shape index (κ3) is 4.69. The zero-order chi connectivity index (χ0) is 23.6. The van der Waals surface area contributed by atoms with Crippen molar-refractivity contribution < 1.29 is 19.8 Å². The number of carbonyl (C=O) groups excluding carboxylic acids is 1. The quantitative estimate of drug-likeness (QED) is 0.415. The Kier molecular flexibility index (Phi) is 6.16. The maximum atomic E-state index is 12.3. The van der Waals surface area contributed by atoms with Gasteiger partial charge < -0.3 is 10.2 Å². The Morgan fingerprint density at radius 2 is 1.56 bits per heavy atom. The summed E-state index contributed by atoms with van der Waals surface area (Å²) in [6, 6.07) is 13.4. The van der Waals surface area contributed by atoms with E-state index in [2.05, 4.69) is 36.4 Å². The van der Waals surface area contributed by atoms with Crippen LogP contribution < -0.4 is 5.43 Å². The van der Waals surface area contributed by atoms with Crippen molar-refractivity contribution in [1.29, 1.82) is 0 Å². The lowest BCUT2D eigenvalue weighted by Gasteiger charge is -2.19. The number of aromatic hydroxyl groups is 1. The fourth-order valence-electron chi connectivity index (χ4n) is 3.22. The third-order valence-electron chi connectivity index (χ3n) is 5.11. The van der Waals surface area contributed by atoms with Gasteiger partial charge in [0, 0.05) is 18.2 Å². The normalized spacial score (nSPS) is 12.0. The molecule has 8 nitrogen and oxygen atoms in total. The number of hydrogen-bond acceptors (Lipinski definition) is 5. The first-order valence-corrected chi connectivity index (χ1v) is 10.0. The lowest BCUT2D eigenvalue weighted by Crippen LogP contribution is -2.19. The van der Waals surface area contributed by atoms with Gasteiger partial charge in [-0.3, -0.25) is 9.48 Å². The standard InChI is InChI=1S/C24H26N4O4/c1-14(25-26-22(30)16-6-8-17(9-7-16)23(31)32)19-21(29)20(28(5)27-19)15-10-12-18(13-11-15)24(2,3)4/h6-13,29H,1-5H3,(H,26,30)(H,31,32)/b25-14-. The smallest absolute Gasteiger partial charge is 0.335 e. The van der Waals surface area contributed by atoms with Crippen molar-refractivity contribution in [3.63, 3.8) is 0 Å². The maximum Gasteiger partial charge on any atom is 0.335 e. The first-order chi connectivity index (χ1) is 15.0. The molecule has 0 fully saturated rings. The molecule has 0 saturated carbocycles. The van der Waals surface area contributed by atoms with E-state index >= 15 is 0 Å². The van der Waals surface area contributed by atoms with Gasteiger partial charge in [-0.05, 0) is 42.2 Å². The molecule has 8 heteroatoms. The first kappa shape index (κ1) is 22.7. The first-order valence-electron chi connectivity index (χ1n) is 10.0. The van der Waals surface area contributed by atoms with Gasteiger partial charge in [0.25, 0.3) is 5.91 Å². The van der Waals surface area contributed by atoms with E-state index in [0.29, 0.717) is 11.4 Å². The Balaban J connectivity index is 1.81. The predicted octanol–water partition coefficient (Wildman–Crippen LogP) is 3.94. The molecule has 0 aliphatic heterocycles. The van der Waals surface area contributed by atoms with E-state index in [0.717, 1.165) is 5.56 Å². The molecule has 2 aromatic carbocycles. The van der Waals surface area contributed by atoms with Gasteiger partial charge in [0.15, 0.2) is 11.4 Å². The molecule has 32 heavy (non-hydrogen) atoms. The molecule has 0 bridgehead atoms. The van der Waals surface area contributed by atoms with Crippen LogP contribution in [-0.2, 0) is 12.5 Å². The molecule has 3 aromatic rings. The van der Waals surface area contributed by atoms with E-state index in [1.807, 2.05) is 24.3 Å². The molecule has 1 aromatic heterocycles. The summed E-state index contributed by atoms with van der Waals surface area (Å²) in [4.78, 5) is 23.2. The van der Waals surface area contributed by atoms with Crippen LogP contribution >= 0.6 is 0 Å². The van der Waals surface area contributed by atoms with Crippen LogP contribution in [0.3, 0.4) is 0 Å². The van der Waals surface area contributed by atoms with E-state index in [1.54, 1.807) is 18.7 Å². The largest absolute Gasteiger partial charge is 0.504 e. The highest BCUT2D eigenvalue weighted by atomic mass is 16.4. The second-order valence-corrected chi connectivity index (χ2v) is 8.52. The molecule has 1 amide bonds. The van der Waals surface area contributed by atoms with E-state index in [-0.39, 0.29) is 28.0 Å². The summed E-state index contributed by atoms with van der Waals surface area (Å²) in [5, 5.41) is 28.1. The van der Waals surface area contributed by atoms with Crippen LogP contribution in [0.5, 0.6) is 5.75 Å². The van der Waals surface area contributed by atoms with E-state index in [1.165, 1.54) is 29.8 Å². The SMILES string of the molecule is C/C(=N/NC(=O)c1ccc(C(=O)O)cc1)c1nn(C)c(-c2ccc(C(C)(C)C)cc2)c1O. The highest BCUT2D eigenvalue weighted by Crippen LogP contribution is 2.33. The predicted molar refractivity (Wildman–Crippen MR) is 122 cm³/mol. The summed E-state index contributed by atoms with van der Waals surface area (Å²) in [5.74, 6) is -1.60. The minimum atomic E-state index is -1.07. The number of amides is 1. The minimum absolute atomic E-state index is 0.0214. The topological polar surface area (TPSA) is 117 Å². The second kappa shape index (κ2) is 8.66. The van der Waals surface area contributed by atoms with Gasteiger partial charge in [-0.15, -0.1) is 0 Å². The average Bonchev–Trinajstić information content (AvgIpc) is 3.05. The van der Waals surface area contributed by atoms with Gasteiger partial charge in [0.2, 0.25) is 0 Å². The number of benzene rings is 2. The number of aromatic nitrogens is 2. The number of nitrogens with zero attached hydrogens (tertiary/aromatic N) is 3. The van der Waals surface area contributed by atoms with Crippen LogP contribution in [0.1, 0.15) is 59.7 Å². The summed E-state index contributed by atoms with van der Waals surface area (Å²) in [7, 11) is 1.73. The molecule has 1 heterocycles. The Hall–Kier alpha value is -3.94. The summed E-state index contributed by atoms with van der Waals surface area (Å²) in [6.07, 6.45) is 0. The summed E-state index contributed by atoms with van der Waals surface area (Å²) < 4.78 is 1.57. The van der Waals surface area contributed by atoms with Gasteiger partial charge >= 0.3 is 5.97 Å². The molecule has 0 atom stereocenters. The number of hydrazone groups is 1. The summed E-state index contributed by atoms with van der Waals surface area (Å²) in [5.41, 5.74) is 5.89. The van der Waals surface area contributed by atoms with Gasteiger partial charge in [0.05, 0.1) is 11.3 Å². The molecule has 0 radical (unpaired) electrons. The molecular weight excluding hydrogens is 408 g/mol. The highest BCUT2D eigenvalue weighted by molar-refractivity contribution is 6.02. The van der Waals surface area contributed by atoms with Crippen molar-refractivity contribution in [2.75, 3.05) is 0 Å². The molecule has 0 saturated heterocycles. The number of carboxylic acid groups (broad SMARTS) is 1. The molecule has 166 valence electrons. The molecule has 0 spiro atoms. The lowest BCUT2D eigenvalue weighted by molar-refractivity contribution is 0.0696. The van der Waals surface area contributed by atoms with Gasteiger partial charge in [-0.25, -0.2) is 10.2 Å². The zero-order valence-electron chi connectivity index (χ0n) is 18.7. The Bertz CT molecular complexity index is 1180. The Labute approximate surface area is 186 Å². The fourth-order valence-corrected chi connectivity index (χ4v) is 3.22. The average molecular weight is 434 g/mol. The fraction of sp³-hybridized carbons (Fsp3) is 0.250. The minimum Gasteiger partial charge on any atom is -0.504 e. The van der Waals surface area contributed by atoms with Crippen molar-refractivity contribution >= 4 is 17.6 Å². The van der Waals surface area contributed by atoms with E-state index in [9.17, 15) is 14.7 Å². The van der Waals surface area contributed by atoms with Crippen LogP contribution in [0.15, 0.2) is 53.6 Å². The van der Waals surface area contributed by atoms with Crippen molar-refractivity contribution in [3.8, 4) is 17.0 Å². The number of carbonyl (C=O) groups is 2. The van der Waals surface area contributed by atoms with Crippen LogP contribution in [0.25, 0.3) is 11.3 Å². The maximum absolute atomic E-state index is 12.3. The third-order valence-corrected chi connectivity index (χ3v) is 5.11. The van der Waals surface area contributed by atoms with Crippen LogP contribution in [0.2, 0.25) is 0 Å². The number of carboxylic acids is 1. The zero-order valence-corrected chi connectivity index (χ0v) is 18.7. The van der Waals surface area contributed by atoms with Gasteiger partial charge in [0.1, 0.15) is 5.69 Å². The highest BCUT2D eigenvalue weighted by Gasteiger charge is 2.20. The van der Waals surface area contributed by atoms with Crippen LogP contribution in [-0.4, -0.2) is 37.6 Å². The summed E-state index contributed by atoms with van der Waals surface area (Å²) >= 11 is 0. The lowest BCUT2D eigenvalue weighted by atomic mass is 9.86. The molecule has 0 aliphatic carbocycles. The van der Waals surface area contributed by atoms with Gasteiger partial charge in [-0.2, -0.15) is 10.2 Å². The van der Waals surface area contributed by atoms with E-state index < -0.39 is 11.9 Å². The Morgan fingerprint density at radius 3 is 2.09 bits per heavy atom. The number of rotatable bonds is 5. The molecule has 0 unspecified atom stereocenters. The van der Waals surface area contributed by atoms with E-state index in [4.69, 9.17) is 5.11 Å². The molecule has 3 rings (SSSR count). The van der Waals surface area contributed by atoms with Crippen molar-refractivity contribution in [2.24, 2.45) is 12.1 Å². The summed E-state index contributed by atoms with van der Waals surface area (Å²) in [6.45, 7) is 8.03. The number of hydrogen-bond donors (Lipinski definition) is 3. The second-order valence-electron chi connectivity index (χ2n) is 8.52. The van der Waals surface area contributed by atoms with Crippen LogP contribution in [0, 0.1) is 0 Å². The molecular formula is C24H26N4O4. The Morgan fingerprint density at radius 1 is 1.00 bits per heavy atom. The van der Waals surface area contributed by atoms with Crippen molar-refractivity contribution in [1.82, 2.24) is 15.2 Å². The number of aryl methyl sites for hydroxylation is 1. The number of aromatic carboxylic acids is 1. The molecule has 3 N–H and O–H groups in total. The molecule has 0 aliphatic rings.